The molecular formula is C11H13ClIN3O3S. The molecule has 0 unspecified atom stereocenters. The van der Waals surface area contributed by atoms with Crippen LogP contribution in [0.4, 0.5) is 0 Å². The van der Waals surface area contributed by atoms with Gasteiger partial charge < -0.3 is 4.90 Å². The van der Waals surface area contributed by atoms with Crippen LogP contribution in [0, 0.1) is 3.57 Å². The highest BCUT2D eigenvalue weighted by atomic mass is 127. The molecule has 0 atom stereocenters. The van der Waals surface area contributed by atoms with Crippen molar-refractivity contribution in [1.82, 2.24) is 9.21 Å². The number of hydrogen-bond donors (Lipinski definition) is 1. The first-order chi connectivity index (χ1) is 9.29. The van der Waals surface area contributed by atoms with Crippen molar-refractivity contribution in [1.29, 1.82) is 0 Å². The fourth-order valence-corrected chi connectivity index (χ4v) is 3.15. The summed E-state index contributed by atoms with van der Waals surface area (Å²) in [4.78, 5) is 13.9. The van der Waals surface area contributed by atoms with Gasteiger partial charge in [0.2, 0.25) is 0 Å². The Labute approximate surface area is 136 Å². The van der Waals surface area contributed by atoms with Gasteiger partial charge in [-0.15, -0.1) is 0 Å². The molecule has 0 bridgehead atoms. The Morgan fingerprint density at radius 1 is 1.25 bits per heavy atom. The summed E-state index contributed by atoms with van der Waals surface area (Å²) in [5.41, 5.74) is 0.500. The highest BCUT2D eigenvalue weighted by molar-refractivity contribution is 14.1. The van der Waals surface area contributed by atoms with Crippen molar-refractivity contribution < 1.29 is 13.2 Å². The zero-order valence-electron chi connectivity index (χ0n) is 10.4. The second kappa shape index (κ2) is 6.14. The molecule has 110 valence electrons. The third-order valence-electron chi connectivity index (χ3n) is 3.05. The summed E-state index contributed by atoms with van der Waals surface area (Å²) < 4.78 is 24.4. The topological polar surface area (TPSA) is 83.7 Å². The number of nitrogens with two attached hydrogens (primary N) is 1. The van der Waals surface area contributed by atoms with E-state index in [1.165, 1.54) is 0 Å². The van der Waals surface area contributed by atoms with Crippen molar-refractivity contribution in [2.45, 2.75) is 0 Å². The molecule has 1 amide bonds. The zero-order valence-corrected chi connectivity index (χ0v) is 14.2. The lowest BCUT2D eigenvalue weighted by molar-refractivity contribution is 0.0698. The van der Waals surface area contributed by atoms with E-state index in [1.807, 2.05) is 0 Å². The lowest BCUT2D eigenvalue weighted by Crippen LogP contribution is -2.52. The summed E-state index contributed by atoms with van der Waals surface area (Å²) in [6.45, 7) is 1.06. The fourth-order valence-electron chi connectivity index (χ4n) is 1.96. The Kier molecular flexibility index (Phi) is 4.90. The second-order valence-corrected chi connectivity index (χ2v) is 7.48. The van der Waals surface area contributed by atoms with Gasteiger partial charge in [0.05, 0.1) is 5.02 Å². The molecule has 0 saturated carbocycles. The maximum absolute atomic E-state index is 12.3. The predicted molar refractivity (Wildman–Crippen MR) is 84.8 cm³/mol. The summed E-state index contributed by atoms with van der Waals surface area (Å²) in [6.07, 6.45) is 0. The smallest absolute Gasteiger partial charge is 0.277 e. The molecule has 9 heteroatoms. The van der Waals surface area contributed by atoms with Crippen LogP contribution >= 0.6 is 34.2 Å². The first kappa shape index (κ1) is 16.0. The predicted octanol–water partition coefficient (Wildman–Crippen LogP) is 0.906. The molecule has 20 heavy (non-hydrogen) atoms. The van der Waals surface area contributed by atoms with E-state index < -0.39 is 10.2 Å². The summed E-state index contributed by atoms with van der Waals surface area (Å²) in [7, 11) is -3.68. The summed E-state index contributed by atoms with van der Waals surface area (Å²) in [6, 6.07) is 5.11. The van der Waals surface area contributed by atoms with Gasteiger partial charge in [0.25, 0.3) is 16.1 Å². The van der Waals surface area contributed by atoms with Crippen LogP contribution in [-0.2, 0) is 10.2 Å². The van der Waals surface area contributed by atoms with Crippen LogP contribution in [0.3, 0.4) is 0 Å². The number of amides is 1. The highest BCUT2D eigenvalue weighted by Crippen LogP contribution is 2.21. The quantitative estimate of drug-likeness (QED) is 0.709. The lowest BCUT2D eigenvalue weighted by atomic mass is 10.2. The third kappa shape index (κ3) is 3.61. The minimum atomic E-state index is -3.68. The fraction of sp³-hybridized carbons (Fsp3) is 0.364. The minimum Gasteiger partial charge on any atom is -0.336 e. The number of benzene rings is 1. The van der Waals surface area contributed by atoms with Crippen molar-refractivity contribution in [3.8, 4) is 0 Å². The Hall–Kier alpha value is -0.420. The molecule has 0 aliphatic carbocycles. The average molecular weight is 430 g/mol. The van der Waals surface area contributed by atoms with Crippen LogP contribution in [0.25, 0.3) is 0 Å². The molecule has 6 nitrogen and oxygen atoms in total. The van der Waals surface area contributed by atoms with Crippen molar-refractivity contribution in [3.05, 3.63) is 32.4 Å². The van der Waals surface area contributed by atoms with Crippen molar-refractivity contribution in [3.63, 3.8) is 0 Å². The number of carbonyl (C=O) groups excluding carboxylic acids is 1. The Morgan fingerprint density at radius 3 is 2.35 bits per heavy atom. The van der Waals surface area contributed by atoms with Crippen LogP contribution in [-0.4, -0.2) is 49.7 Å². The van der Waals surface area contributed by atoms with Gasteiger partial charge in [-0.25, -0.2) is 5.14 Å². The van der Waals surface area contributed by atoms with Crippen LogP contribution in [0.1, 0.15) is 10.4 Å². The first-order valence-corrected chi connectivity index (χ1v) is 8.77. The molecule has 1 aromatic carbocycles. The van der Waals surface area contributed by atoms with Gasteiger partial charge in [0, 0.05) is 35.3 Å². The lowest BCUT2D eigenvalue weighted by Gasteiger charge is -2.33. The number of piperazine rings is 1. The summed E-state index contributed by atoms with van der Waals surface area (Å²) in [5.74, 6) is -0.155. The minimum absolute atomic E-state index is 0.155. The SMILES string of the molecule is NS(=O)(=O)N1CCN(C(=O)c2ccc(I)c(Cl)c2)CC1. The summed E-state index contributed by atoms with van der Waals surface area (Å²) >= 11 is 8.08. The van der Waals surface area contributed by atoms with Gasteiger partial charge in [-0.1, -0.05) is 11.6 Å². The van der Waals surface area contributed by atoms with E-state index in [4.69, 9.17) is 16.7 Å². The van der Waals surface area contributed by atoms with E-state index in [9.17, 15) is 13.2 Å². The van der Waals surface area contributed by atoms with E-state index in [2.05, 4.69) is 22.6 Å². The van der Waals surface area contributed by atoms with Crippen LogP contribution < -0.4 is 5.14 Å². The number of carbonyl (C=O) groups is 1. The largest absolute Gasteiger partial charge is 0.336 e. The van der Waals surface area contributed by atoms with Crippen molar-refractivity contribution in [2.24, 2.45) is 5.14 Å². The van der Waals surface area contributed by atoms with Crippen LogP contribution in [0.2, 0.25) is 5.02 Å². The molecule has 1 aromatic rings. The highest BCUT2D eigenvalue weighted by Gasteiger charge is 2.27. The molecule has 2 N–H and O–H groups in total. The van der Waals surface area contributed by atoms with Crippen LogP contribution in [0.5, 0.6) is 0 Å². The monoisotopic (exact) mass is 429 g/mol. The van der Waals surface area contributed by atoms with Gasteiger partial charge in [-0.2, -0.15) is 12.7 Å². The molecule has 0 aromatic heterocycles. The molecule has 1 aliphatic heterocycles. The Bertz CT molecular complexity index is 630. The Morgan fingerprint density at radius 2 is 1.85 bits per heavy atom. The van der Waals surface area contributed by atoms with Gasteiger partial charge >= 0.3 is 0 Å². The zero-order chi connectivity index (χ0) is 14.9. The number of rotatable bonds is 2. The molecule has 2 rings (SSSR count). The third-order valence-corrected chi connectivity index (χ3v) is 5.71. The maximum atomic E-state index is 12.3. The Balaban J connectivity index is 2.07. The van der Waals surface area contributed by atoms with Gasteiger partial charge in [0.1, 0.15) is 0 Å². The van der Waals surface area contributed by atoms with Gasteiger partial charge in [-0.3, -0.25) is 4.79 Å². The molecule has 0 spiro atoms. The average Bonchev–Trinajstić information content (AvgIpc) is 2.40. The van der Waals surface area contributed by atoms with Gasteiger partial charge in [-0.05, 0) is 40.8 Å². The standard InChI is InChI=1S/C11H13ClIN3O3S/c12-9-7-8(1-2-10(9)13)11(17)15-3-5-16(6-4-15)20(14,18)19/h1-2,7H,3-6H2,(H2,14,18,19). The van der Waals surface area contributed by atoms with Crippen LogP contribution in [0.15, 0.2) is 18.2 Å². The molecule has 1 fully saturated rings. The van der Waals surface area contributed by atoms with E-state index in [0.29, 0.717) is 23.7 Å². The molecular weight excluding hydrogens is 417 g/mol. The number of nitrogens with zero attached hydrogens (tertiary/aromatic N) is 2. The first-order valence-electron chi connectivity index (χ1n) is 5.81. The molecule has 0 radical (unpaired) electrons. The maximum Gasteiger partial charge on any atom is 0.277 e. The van der Waals surface area contributed by atoms with E-state index in [-0.39, 0.29) is 19.0 Å². The van der Waals surface area contributed by atoms with Crippen molar-refractivity contribution >= 4 is 50.3 Å². The molecule has 1 saturated heterocycles. The second-order valence-electron chi connectivity index (χ2n) is 4.37. The molecule has 1 heterocycles. The number of hydrogen-bond acceptors (Lipinski definition) is 3. The number of halogens is 2. The molecule has 1 aliphatic rings. The van der Waals surface area contributed by atoms with Crippen molar-refractivity contribution in [2.75, 3.05) is 26.2 Å². The van der Waals surface area contributed by atoms with E-state index in [1.54, 1.807) is 23.1 Å². The van der Waals surface area contributed by atoms with E-state index in [0.717, 1.165) is 7.88 Å². The normalized spacial score (nSPS) is 17.2. The summed E-state index contributed by atoms with van der Waals surface area (Å²) in [5, 5.41) is 5.58. The van der Waals surface area contributed by atoms with Gasteiger partial charge in [0.15, 0.2) is 0 Å². The van der Waals surface area contributed by atoms with E-state index >= 15 is 0 Å².